The Balaban J connectivity index is 1.38. The molecule has 3 rings (SSSR count). The third-order valence-corrected chi connectivity index (χ3v) is 7.19. The lowest BCUT2D eigenvalue weighted by Gasteiger charge is -2.31. The lowest BCUT2D eigenvalue weighted by molar-refractivity contribution is -0.137. The first-order chi connectivity index (χ1) is 14.3. The molecule has 1 aromatic rings. The average Bonchev–Trinajstić information content (AvgIpc) is 2.78. The van der Waals surface area contributed by atoms with Crippen molar-refractivity contribution >= 4 is 0 Å². The van der Waals surface area contributed by atoms with Crippen LogP contribution in [0.15, 0.2) is 24.3 Å². The minimum Gasteiger partial charge on any atom is -0.373 e. The Morgan fingerprint density at radius 1 is 0.690 bits per heavy atom. The van der Waals surface area contributed by atoms with E-state index in [0.717, 1.165) is 24.9 Å². The highest BCUT2D eigenvalue weighted by atomic mass is 16.6. The van der Waals surface area contributed by atoms with E-state index in [4.69, 9.17) is 9.47 Å². The first-order valence-corrected chi connectivity index (χ1v) is 12.6. The largest absolute Gasteiger partial charge is 0.373 e. The Kier molecular flexibility index (Phi) is 10.0. The molecule has 1 aromatic carbocycles. The maximum Gasteiger partial charge on any atom is 0.106 e. The van der Waals surface area contributed by atoms with Gasteiger partial charge in [0.25, 0.3) is 0 Å². The second-order valence-corrected chi connectivity index (χ2v) is 9.51. The van der Waals surface area contributed by atoms with Gasteiger partial charge in [0, 0.05) is 0 Å². The van der Waals surface area contributed by atoms with Crippen LogP contribution in [0, 0.1) is 5.92 Å². The topological polar surface area (TPSA) is 18.5 Å². The van der Waals surface area contributed by atoms with Gasteiger partial charge in [-0.05, 0) is 55.1 Å². The molecule has 1 aliphatic heterocycles. The van der Waals surface area contributed by atoms with Crippen LogP contribution >= 0.6 is 0 Å². The Morgan fingerprint density at radius 2 is 1.34 bits per heavy atom. The Hall–Kier alpha value is -0.860. The summed E-state index contributed by atoms with van der Waals surface area (Å²) in [7, 11) is 0. The summed E-state index contributed by atoms with van der Waals surface area (Å²) in [5.74, 6) is 1.75. The Morgan fingerprint density at radius 3 is 2.00 bits per heavy atom. The molecule has 2 fully saturated rings. The van der Waals surface area contributed by atoms with Crippen LogP contribution in [0.25, 0.3) is 0 Å². The van der Waals surface area contributed by atoms with Crippen LogP contribution in [-0.2, 0) is 9.47 Å². The number of hydrogen-bond donors (Lipinski definition) is 0. The molecule has 164 valence electrons. The normalized spacial score (nSPS) is 27.8. The fraction of sp³-hybridized carbons (Fsp3) is 0.778. The van der Waals surface area contributed by atoms with E-state index in [1.165, 1.54) is 88.2 Å². The average molecular weight is 401 g/mol. The van der Waals surface area contributed by atoms with Gasteiger partial charge in [-0.15, -0.1) is 0 Å². The summed E-state index contributed by atoms with van der Waals surface area (Å²) >= 11 is 0. The third-order valence-electron chi connectivity index (χ3n) is 7.19. The van der Waals surface area contributed by atoms with Crippen molar-refractivity contribution in [3.63, 3.8) is 0 Å². The van der Waals surface area contributed by atoms with Crippen LogP contribution in [0.2, 0.25) is 0 Å². The minimum absolute atomic E-state index is 0.116. The Labute approximate surface area is 179 Å². The first-order valence-electron chi connectivity index (χ1n) is 12.6. The van der Waals surface area contributed by atoms with Crippen molar-refractivity contribution in [3.05, 3.63) is 35.4 Å². The van der Waals surface area contributed by atoms with E-state index in [-0.39, 0.29) is 6.10 Å². The predicted molar refractivity (Wildman–Crippen MR) is 122 cm³/mol. The van der Waals surface area contributed by atoms with Crippen molar-refractivity contribution in [2.24, 2.45) is 5.92 Å². The zero-order chi connectivity index (χ0) is 20.3. The molecule has 0 bridgehead atoms. The van der Waals surface area contributed by atoms with Gasteiger partial charge in [-0.25, -0.2) is 0 Å². The van der Waals surface area contributed by atoms with Crippen molar-refractivity contribution in [1.29, 1.82) is 0 Å². The second-order valence-electron chi connectivity index (χ2n) is 9.51. The standard InChI is InChI=1S/C27H44O2/c1-3-5-7-9-11-26-20-29-27(21-28-26)25-18-16-24(17-19-25)23-14-12-22(13-15-23)10-8-6-4-2/h16-19,22-23,26-27H,3-15,20-21H2,1-2H3/t22-,23-,26-,27-/m0/s1. The van der Waals surface area contributed by atoms with Gasteiger partial charge in [-0.3, -0.25) is 0 Å². The van der Waals surface area contributed by atoms with Crippen molar-refractivity contribution in [1.82, 2.24) is 0 Å². The van der Waals surface area contributed by atoms with Crippen molar-refractivity contribution in [3.8, 4) is 0 Å². The SMILES string of the molecule is CCCCCC[C@H]1CO[C@H](c2ccc([C@H]3CC[C@H](CCCCC)CC3)cc2)CO1. The molecule has 2 atom stereocenters. The zero-order valence-electron chi connectivity index (χ0n) is 19.0. The molecule has 29 heavy (non-hydrogen) atoms. The van der Waals surface area contributed by atoms with Gasteiger partial charge in [-0.2, -0.15) is 0 Å². The van der Waals surface area contributed by atoms with Crippen molar-refractivity contribution < 1.29 is 9.47 Å². The summed E-state index contributed by atoms with van der Waals surface area (Å²) in [6.07, 6.45) is 18.0. The van der Waals surface area contributed by atoms with Gasteiger partial charge in [0.2, 0.25) is 0 Å². The number of unbranched alkanes of at least 4 members (excludes halogenated alkanes) is 5. The summed E-state index contributed by atoms with van der Waals surface area (Å²) in [6.45, 7) is 6.02. The third kappa shape index (κ3) is 7.40. The van der Waals surface area contributed by atoms with E-state index in [0.29, 0.717) is 12.7 Å². The van der Waals surface area contributed by atoms with Crippen LogP contribution in [0.5, 0.6) is 0 Å². The van der Waals surface area contributed by atoms with Gasteiger partial charge < -0.3 is 9.47 Å². The number of benzene rings is 1. The molecule has 0 spiro atoms. The fourth-order valence-corrected chi connectivity index (χ4v) is 5.15. The second kappa shape index (κ2) is 12.7. The van der Waals surface area contributed by atoms with E-state index < -0.39 is 0 Å². The highest BCUT2D eigenvalue weighted by molar-refractivity contribution is 5.27. The highest BCUT2D eigenvalue weighted by Crippen LogP contribution is 2.38. The summed E-state index contributed by atoms with van der Waals surface area (Å²) in [6, 6.07) is 9.30. The molecule has 0 N–H and O–H groups in total. The minimum atomic E-state index is 0.116. The zero-order valence-corrected chi connectivity index (χ0v) is 19.0. The van der Waals surface area contributed by atoms with E-state index in [1.54, 1.807) is 0 Å². The molecule has 2 heteroatoms. The molecule has 0 unspecified atom stereocenters. The van der Waals surface area contributed by atoms with Crippen LogP contribution in [0.3, 0.4) is 0 Å². The first kappa shape index (κ1) is 22.8. The van der Waals surface area contributed by atoms with E-state index in [1.807, 2.05) is 0 Å². The van der Waals surface area contributed by atoms with Crippen LogP contribution in [0.4, 0.5) is 0 Å². The van der Waals surface area contributed by atoms with Gasteiger partial charge in [0.05, 0.1) is 19.3 Å². The van der Waals surface area contributed by atoms with Gasteiger partial charge in [0.15, 0.2) is 0 Å². The van der Waals surface area contributed by atoms with Crippen molar-refractivity contribution in [2.45, 2.75) is 115 Å². The lowest BCUT2D eigenvalue weighted by Crippen LogP contribution is -2.31. The van der Waals surface area contributed by atoms with Gasteiger partial charge in [-0.1, -0.05) is 89.5 Å². The molecule has 1 saturated heterocycles. The molecule has 2 aliphatic rings. The molecule has 2 nitrogen and oxygen atoms in total. The van der Waals surface area contributed by atoms with E-state index >= 15 is 0 Å². The summed E-state index contributed by atoms with van der Waals surface area (Å²) in [4.78, 5) is 0. The highest BCUT2D eigenvalue weighted by Gasteiger charge is 2.25. The number of hydrogen-bond acceptors (Lipinski definition) is 2. The molecular weight excluding hydrogens is 356 g/mol. The smallest absolute Gasteiger partial charge is 0.106 e. The molecule has 0 aromatic heterocycles. The quantitative estimate of drug-likeness (QED) is 0.351. The molecule has 0 radical (unpaired) electrons. The fourth-order valence-electron chi connectivity index (χ4n) is 5.15. The Bertz CT molecular complexity index is 536. The van der Waals surface area contributed by atoms with Crippen LogP contribution in [-0.4, -0.2) is 19.3 Å². The molecule has 1 aliphatic carbocycles. The van der Waals surface area contributed by atoms with E-state index in [2.05, 4.69) is 38.1 Å². The van der Waals surface area contributed by atoms with Crippen LogP contribution in [0.1, 0.15) is 120 Å². The monoisotopic (exact) mass is 400 g/mol. The van der Waals surface area contributed by atoms with Gasteiger partial charge >= 0.3 is 0 Å². The summed E-state index contributed by atoms with van der Waals surface area (Å²) < 4.78 is 12.3. The predicted octanol–water partition coefficient (Wildman–Crippen LogP) is 7.97. The molecule has 1 heterocycles. The molecule has 0 amide bonds. The molecular formula is C27H44O2. The molecule has 1 saturated carbocycles. The maximum atomic E-state index is 6.15. The van der Waals surface area contributed by atoms with Gasteiger partial charge in [0.1, 0.15) is 6.10 Å². The van der Waals surface area contributed by atoms with Crippen LogP contribution < -0.4 is 0 Å². The van der Waals surface area contributed by atoms with E-state index in [9.17, 15) is 0 Å². The lowest BCUT2D eigenvalue weighted by atomic mass is 9.77. The van der Waals surface area contributed by atoms with Crippen molar-refractivity contribution in [2.75, 3.05) is 13.2 Å². The maximum absolute atomic E-state index is 6.15. The number of ether oxygens (including phenoxy) is 2. The summed E-state index contributed by atoms with van der Waals surface area (Å²) in [5, 5.41) is 0. The summed E-state index contributed by atoms with van der Waals surface area (Å²) in [5.41, 5.74) is 2.82. The number of rotatable bonds is 11.